The Morgan fingerprint density at radius 3 is 3.05 bits per heavy atom. The van der Waals surface area contributed by atoms with Gasteiger partial charge in [-0.15, -0.1) is 0 Å². The maximum absolute atomic E-state index is 12.6. The summed E-state index contributed by atoms with van der Waals surface area (Å²) in [6.45, 7) is 3.68. The first-order valence-corrected chi connectivity index (χ1v) is 8.31. The van der Waals surface area contributed by atoms with E-state index in [2.05, 4.69) is 11.1 Å². The molecule has 2 rings (SSSR count). The van der Waals surface area contributed by atoms with Gasteiger partial charge >= 0.3 is 0 Å². The van der Waals surface area contributed by atoms with Gasteiger partial charge in [0, 0.05) is 24.8 Å². The molecule has 1 heterocycles. The first-order valence-electron chi connectivity index (χ1n) is 6.95. The first-order chi connectivity index (χ1) is 10.7. The molecular formula is C15H16ClN3O2S. The molecule has 1 aromatic carbocycles. The minimum absolute atomic E-state index is 0.112. The second kappa shape index (κ2) is 8.18. The lowest BCUT2D eigenvalue weighted by molar-refractivity contribution is 0.140. The average molecular weight is 338 g/mol. The molecule has 0 fully saturated rings. The minimum atomic E-state index is -0.112. The van der Waals surface area contributed by atoms with Crippen molar-refractivity contribution in [2.75, 3.05) is 19.0 Å². The summed E-state index contributed by atoms with van der Waals surface area (Å²) in [6, 6.07) is 7.09. The lowest BCUT2D eigenvalue weighted by Gasteiger charge is -2.12. The summed E-state index contributed by atoms with van der Waals surface area (Å²) in [5.74, 6) is 0.240. The zero-order valence-electron chi connectivity index (χ0n) is 12.2. The highest BCUT2D eigenvalue weighted by Gasteiger charge is 2.11. The Labute approximate surface area is 137 Å². The zero-order chi connectivity index (χ0) is 15.9. The standard InChI is InChI=1S/C15H16ClN3O2S/c1-2-21-8-3-7-19-14(20)12-5-4-11(16)10-13(12)18-15(19)22-9-6-17/h4-5,10H,2-3,7-9H2,1H3. The Morgan fingerprint density at radius 2 is 2.32 bits per heavy atom. The van der Waals surface area contributed by atoms with Gasteiger partial charge in [-0.25, -0.2) is 4.98 Å². The number of ether oxygens (including phenoxy) is 1. The predicted molar refractivity (Wildman–Crippen MR) is 88.5 cm³/mol. The van der Waals surface area contributed by atoms with Gasteiger partial charge in [0.2, 0.25) is 0 Å². The van der Waals surface area contributed by atoms with E-state index in [0.717, 1.165) is 0 Å². The molecule has 0 unspecified atom stereocenters. The molecule has 1 aromatic heterocycles. The van der Waals surface area contributed by atoms with Gasteiger partial charge in [0.15, 0.2) is 5.16 Å². The molecule has 0 bridgehead atoms. The highest BCUT2D eigenvalue weighted by atomic mass is 35.5. The second-order valence-corrected chi connectivity index (χ2v) is 5.89. The van der Waals surface area contributed by atoms with Gasteiger partial charge < -0.3 is 4.74 Å². The molecule has 0 spiro atoms. The van der Waals surface area contributed by atoms with E-state index in [1.54, 1.807) is 22.8 Å². The molecule has 22 heavy (non-hydrogen) atoms. The van der Waals surface area contributed by atoms with Crippen LogP contribution in [0, 0.1) is 11.3 Å². The molecule has 116 valence electrons. The van der Waals surface area contributed by atoms with Crippen LogP contribution in [0.15, 0.2) is 28.2 Å². The van der Waals surface area contributed by atoms with Gasteiger partial charge in [-0.05, 0) is 31.5 Å². The van der Waals surface area contributed by atoms with Crippen LogP contribution in [-0.4, -0.2) is 28.5 Å². The highest BCUT2D eigenvalue weighted by Crippen LogP contribution is 2.20. The molecule has 2 aromatic rings. The molecule has 0 aliphatic heterocycles. The lowest BCUT2D eigenvalue weighted by atomic mass is 10.2. The van der Waals surface area contributed by atoms with Gasteiger partial charge in [0.1, 0.15) is 0 Å². The fourth-order valence-corrected chi connectivity index (χ4v) is 2.90. The van der Waals surface area contributed by atoms with Crippen LogP contribution in [0.5, 0.6) is 0 Å². The van der Waals surface area contributed by atoms with Gasteiger partial charge in [0.05, 0.1) is 22.7 Å². The SMILES string of the molecule is CCOCCCn1c(SCC#N)nc2cc(Cl)ccc2c1=O. The quantitative estimate of drug-likeness (QED) is 0.441. The normalized spacial score (nSPS) is 10.8. The second-order valence-electron chi connectivity index (χ2n) is 4.51. The molecule has 0 aliphatic rings. The largest absolute Gasteiger partial charge is 0.382 e. The first kappa shape index (κ1) is 16.8. The topological polar surface area (TPSA) is 67.9 Å². The molecule has 7 heteroatoms. The Morgan fingerprint density at radius 1 is 1.50 bits per heavy atom. The third-order valence-electron chi connectivity index (χ3n) is 3.02. The maximum atomic E-state index is 12.6. The Bertz CT molecular complexity index is 755. The molecule has 0 radical (unpaired) electrons. The van der Waals surface area contributed by atoms with Gasteiger partial charge in [0.25, 0.3) is 5.56 Å². The lowest BCUT2D eigenvalue weighted by Crippen LogP contribution is -2.24. The number of nitrogens with zero attached hydrogens (tertiary/aromatic N) is 3. The van der Waals surface area contributed by atoms with Crippen molar-refractivity contribution in [3.05, 3.63) is 33.6 Å². The molecule has 0 aliphatic carbocycles. The third-order valence-corrected chi connectivity index (χ3v) is 4.10. The Hall–Kier alpha value is -1.55. The Kier molecular flexibility index (Phi) is 6.25. The minimum Gasteiger partial charge on any atom is -0.382 e. The van der Waals surface area contributed by atoms with E-state index in [4.69, 9.17) is 21.6 Å². The van der Waals surface area contributed by atoms with Crippen molar-refractivity contribution in [3.8, 4) is 6.07 Å². The summed E-state index contributed by atoms with van der Waals surface area (Å²) >= 11 is 7.21. The molecule has 0 atom stereocenters. The monoisotopic (exact) mass is 337 g/mol. The Balaban J connectivity index is 2.41. The number of halogens is 1. The highest BCUT2D eigenvalue weighted by molar-refractivity contribution is 7.99. The molecule has 0 saturated carbocycles. The smallest absolute Gasteiger partial charge is 0.262 e. The number of fused-ring (bicyclic) bond motifs is 1. The number of rotatable bonds is 7. The summed E-state index contributed by atoms with van der Waals surface area (Å²) < 4.78 is 6.92. The van der Waals surface area contributed by atoms with Crippen LogP contribution in [0.25, 0.3) is 10.9 Å². The van der Waals surface area contributed by atoms with E-state index in [-0.39, 0.29) is 11.3 Å². The molecule has 5 nitrogen and oxygen atoms in total. The summed E-state index contributed by atoms with van der Waals surface area (Å²) in [7, 11) is 0. The van der Waals surface area contributed by atoms with Crippen molar-refractivity contribution in [1.29, 1.82) is 5.26 Å². The summed E-state index contributed by atoms with van der Waals surface area (Å²) in [5.41, 5.74) is 0.442. The van der Waals surface area contributed by atoms with Crippen LogP contribution < -0.4 is 5.56 Å². The molecule has 0 N–H and O–H groups in total. The third kappa shape index (κ3) is 4.01. The van der Waals surface area contributed by atoms with E-state index in [1.165, 1.54) is 11.8 Å². The van der Waals surface area contributed by atoms with Crippen molar-refractivity contribution in [2.24, 2.45) is 0 Å². The van der Waals surface area contributed by atoms with E-state index in [0.29, 0.717) is 47.3 Å². The van der Waals surface area contributed by atoms with E-state index in [9.17, 15) is 4.79 Å². The van der Waals surface area contributed by atoms with Gasteiger partial charge in [-0.3, -0.25) is 9.36 Å². The summed E-state index contributed by atoms with van der Waals surface area (Å²) in [4.78, 5) is 17.1. The van der Waals surface area contributed by atoms with Gasteiger partial charge in [-0.1, -0.05) is 23.4 Å². The predicted octanol–water partition coefficient (Wildman–Crippen LogP) is 3.09. The van der Waals surface area contributed by atoms with E-state index >= 15 is 0 Å². The van der Waals surface area contributed by atoms with Crippen LogP contribution >= 0.6 is 23.4 Å². The van der Waals surface area contributed by atoms with E-state index < -0.39 is 0 Å². The number of thioether (sulfide) groups is 1. The molecular weight excluding hydrogens is 322 g/mol. The van der Waals surface area contributed by atoms with Crippen molar-refractivity contribution < 1.29 is 4.74 Å². The fourth-order valence-electron chi connectivity index (χ4n) is 2.05. The van der Waals surface area contributed by atoms with Crippen molar-refractivity contribution in [3.63, 3.8) is 0 Å². The maximum Gasteiger partial charge on any atom is 0.262 e. The molecule has 0 saturated heterocycles. The zero-order valence-corrected chi connectivity index (χ0v) is 13.8. The number of nitriles is 1. The van der Waals surface area contributed by atoms with Crippen LogP contribution in [0.1, 0.15) is 13.3 Å². The van der Waals surface area contributed by atoms with Crippen LogP contribution in [-0.2, 0) is 11.3 Å². The summed E-state index contributed by atoms with van der Waals surface area (Å²) in [5, 5.41) is 10.4. The molecule has 0 amide bonds. The fraction of sp³-hybridized carbons (Fsp3) is 0.400. The number of aromatic nitrogens is 2. The number of hydrogen-bond donors (Lipinski definition) is 0. The van der Waals surface area contributed by atoms with Crippen molar-refractivity contribution in [1.82, 2.24) is 9.55 Å². The number of benzene rings is 1. The average Bonchev–Trinajstić information content (AvgIpc) is 2.51. The van der Waals surface area contributed by atoms with Crippen molar-refractivity contribution in [2.45, 2.75) is 25.0 Å². The summed E-state index contributed by atoms with van der Waals surface area (Å²) in [6.07, 6.45) is 0.717. The van der Waals surface area contributed by atoms with Crippen LogP contribution in [0.4, 0.5) is 0 Å². The van der Waals surface area contributed by atoms with Crippen LogP contribution in [0.2, 0.25) is 5.02 Å². The van der Waals surface area contributed by atoms with E-state index in [1.807, 2.05) is 6.92 Å². The van der Waals surface area contributed by atoms with Gasteiger partial charge in [-0.2, -0.15) is 5.26 Å². The van der Waals surface area contributed by atoms with Crippen LogP contribution in [0.3, 0.4) is 0 Å². The number of hydrogen-bond acceptors (Lipinski definition) is 5. The van der Waals surface area contributed by atoms with Crippen molar-refractivity contribution >= 4 is 34.3 Å².